The van der Waals surface area contributed by atoms with Gasteiger partial charge < -0.3 is 10.1 Å². The smallest absolute Gasteiger partial charge is 0.123 e. The predicted molar refractivity (Wildman–Crippen MR) is 83.0 cm³/mol. The molecule has 1 heterocycles. The van der Waals surface area contributed by atoms with Crippen LogP contribution in [0.5, 0.6) is 5.75 Å². The van der Waals surface area contributed by atoms with Crippen molar-refractivity contribution in [1.29, 1.82) is 0 Å². The fraction of sp³-hybridized carbons (Fsp3) is 0.333. The van der Waals surface area contributed by atoms with Gasteiger partial charge in [-0.05, 0) is 60.0 Å². The van der Waals surface area contributed by atoms with Gasteiger partial charge in [0.05, 0.1) is 0 Å². The molecule has 21 heavy (non-hydrogen) atoms. The summed E-state index contributed by atoms with van der Waals surface area (Å²) in [5.41, 5.74) is 4.33. The van der Waals surface area contributed by atoms with Crippen LogP contribution in [0.3, 0.4) is 0 Å². The lowest BCUT2D eigenvalue weighted by molar-refractivity contribution is 0.254. The summed E-state index contributed by atoms with van der Waals surface area (Å²) in [6, 6.07) is 11.1. The van der Waals surface area contributed by atoms with Gasteiger partial charge in [-0.25, -0.2) is 4.39 Å². The van der Waals surface area contributed by atoms with Crippen molar-refractivity contribution in [2.75, 3.05) is 6.54 Å². The zero-order valence-electron chi connectivity index (χ0n) is 12.4. The molecule has 2 aromatic carbocycles. The molecule has 2 aromatic rings. The van der Waals surface area contributed by atoms with Gasteiger partial charge in [-0.15, -0.1) is 0 Å². The maximum Gasteiger partial charge on any atom is 0.123 e. The Balaban J connectivity index is 2.00. The summed E-state index contributed by atoms with van der Waals surface area (Å²) < 4.78 is 19.4. The molecule has 3 rings (SSSR count). The summed E-state index contributed by atoms with van der Waals surface area (Å²) in [6.07, 6.45) is 1.14. The lowest BCUT2D eigenvalue weighted by Crippen LogP contribution is -2.12. The topological polar surface area (TPSA) is 21.3 Å². The van der Waals surface area contributed by atoms with Crippen molar-refractivity contribution < 1.29 is 9.13 Å². The number of ether oxygens (including phenoxy) is 1. The molecule has 0 bridgehead atoms. The van der Waals surface area contributed by atoms with Gasteiger partial charge in [0.25, 0.3) is 0 Å². The number of hydrogen-bond acceptors (Lipinski definition) is 2. The van der Waals surface area contributed by atoms with Gasteiger partial charge in [0, 0.05) is 13.0 Å². The van der Waals surface area contributed by atoms with E-state index in [4.69, 9.17) is 4.74 Å². The number of benzene rings is 2. The number of hydrogen-bond donors (Lipinski definition) is 1. The van der Waals surface area contributed by atoms with Gasteiger partial charge in [0.15, 0.2) is 0 Å². The molecule has 0 spiro atoms. The average molecular weight is 285 g/mol. The second-order valence-electron chi connectivity index (χ2n) is 5.54. The van der Waals surface area contributed by atoms with E-state index < -0.39 is 0 Å². The maximum absolute atomic E-state index is 13.6. The molecule has 1 aliphatic rings. The highest BCUT2D eigenvalue weighted by Gasteiger charge is 2.19. The van der Waals surface area contributed by atoms with Crippen LogP contribution >= 0.6 is 0 Å². The zero-order chi connectivity index (χ0) is 14.8. The Kier molecular flexibility index (Phi) is 3.93. The molecular formula is C18H20FNO. The van der Waals surface area contributed by atoms with Crippen LogP contribution in [0, 0.1) is 5.82 Å². The van der Waals surface area contributed by atoms with Crippen LogP contribution in [-0.2, 0) is 13.0 Å². The van der Waals surface area contributed by atoms with Crippen molar-refractivity contribution in [3.05, 3.63) is 53.3 Å². The van der Waals surface area contributed by atoms with Crippen molar-refractivity contribution >= 4 is 0 Å². The van der Waals surface area contributed by atoms with E-state index in [2.05, 4.69) is 25.2 Å². The Labute approximate surface area is 125 Å². The standard InChI is InChI=1S/C18H20FNO/c1-3-20-11-14-4-6-16(19)10-17(14)13-5-7-18-15(9-13)8-12(2)21-18/h4-7,9-10,12,20H,3,8,11H2,1-2H3. The largest absolute Gasteiger partial charge is 0.490 e. The average Bonchev–Trinajstić information content (AvgIpc) is 2.85. The molecule has 1 aliphatic heterocycles. The number of halogens is 1. The summed E-state index contributed by atoms with van der Waals surface area (Å²) in [6.45, 7) is 5.78. The SMILES string of the molecule is CCNCc1ccc(F)cc1-c1ccc2c(c1)CC(C)O2. The fourth-order valence-electron chi connectivity index (χ4n) is 2.82. The molecule has 2 nitrogen and oxygen atoms in total. The Morgan fingerprint density at radius 1 is 1.24 bits per heavy atom. The summed E-state index contributed by atoms with van der Waals surface area (Å²) in [5, 5.41) is 3.31. The molecule has 0 amide bonds. The van der Waals surface area contributed by atoms with E-state index in [1.807, 2.05) is 18.2 Å². The fourth-order valence-corrected chi connectivity index (χ4v) is 2.82. The Bertz CT molecular complexity index is 654. The van der Waals surface area contributed by atoms with Crippen molar-refractivity contribution in [3.8, 4) is 16.9 Å². The first-order chi connectivity index (χ1) is 10.2. The van der Waals surface area contributed by atoms with E-state index in [0.717, 1.165) is 42.0 Å². The van der Waals surface area contributed by atoms with E-state index in [1.165, 1.54) is 11.6 Å². The van der Waals surface area contributed by atoms with Gasteiger partial charge in [0.1, 0.15) is 17.7 Å². The van der Waals surface area contributed by atoms with Gasteiger partial charge in [-0.1, -0.05) is 19.1 Å². The minimum absolute atomic E-state index is 0.199. The molecule has 1 N–H and O–H groups in total. The molecule has 1 atom stereocenters. The summed E-state index contributed by atoms with van der Waals surface area (Å²) in [5.74, 6) is 0.756. The highest BCUT2D eigenvalue weighted by Crippen LogP contribution is 2.34. The molecular weight excluding hydrogens is 265 g/mol. The minimum Gasteiger partial charge on any atom is -0.490 e. The first-order valence-electron chi connectivity index (χ1n) is 7.46. The lowest BCUT2D eigenvalue weighted by Gasteiger charge is -2.11. The third-order valence-electron chi connectivity index (χ3n) is 3.84. The monoisotopic (exact) mass is 285 g/mol. The molecule has 0 saturated heterocycles. The van der Waals surface area contributed by atoms with Crippen LogP contribution in [0.15, 0.2) is 36.4 Å². The van der Waals surface area contributed by atoms with E-state index >= 15 is 0 Å². The molecule has 1 unspecified atom stereocenters. The predicted octanol–water partition coefficient (Wildman–Crippen LogP) is 3.93. The van der Waals surface area contributed by atoms with E-state index in [9.17, 15) is 4.39 Å². The zero-order valence-corrected chi connectivity index (χ0v) is 12.4. The van der Waals surface area contributed by atoms with E-state index in [-0.39, 0.29) is 11.9 Å². The Morgan fingerprint density at radius 2 is 2.10 bits per heavy atom. The number of rotatable bonds is 4. The lowest BCUT2D eigenvalue weighted by atomic mass is 9.96. The summed E-state index contributed by atoms with van der Waals surface area (Å²) in [7, 11) is 0. The Morgan fingerprint density at radius 3 is 2.90 bits per heavy atom. The maximum atomic E-state index is 13.6. The Hall–Kier alpha value is -1.87. The van der Waals surface area contributed by atoms with Crippen LogP contribution in [0.25, 0.3) is 11.1 Å². The normalized spacial score (nSPS) is 16.6. The van der Waals surface area contributed by atoms with E-state index in [1.54, 1.807) is 6.07 Å². The highest BCUT2D eigenvalue weighted by molar-refractivity contribution is 5.69. The van der Waals surface area contributed by atoms with Crippen LogP contribution < -0.4 is 10.1 Å². The quantitative estimate of drug-likeness (QED) is 0.919. The molecule has 0 aliphatic carbocycles. The van der Waals surface area contributed by atoms with Gasteiger partial charge in [-0.3, -0.25) is 0 Å². The van der Waals surface area contributed by atoms with Crippen molar-refractivity contribution in [2.45, 2.75) is 32.9 Å². The third-order valence-corrected chi connectivity index (χ3v) is 3.84. The van der Waals surface area contributed by atoms with Crippen LogP contribution in [0.2, 0.25) is 0 Å². The number of fused-ring (bicyclic) bond motifs is 1. The summed E-state index contributed by atoms with van der Waals surface area (Å²) in [4.78, 5) is 0. The minimum atomic E-state index is -0.199. The second-order valence-corrected chi connectivity index (χ2v) is 5.54. The van der Waals surface area contributed by atoms with Crippen molar-refractivity contribution in [3.63, 3.8) is 0 Å². The first kappa shape index (κ1) is 14.1. The van der Waals surface area contributed by atoms with Crippen molar-refractivity contribution in [2.24, 2.45) is 0 Å². The molecule has 0 aromatic heterocycles. The van der Waals surface area contributed by atoms with Crippen LogP contribution in [-0.4, -0.2) is 12.6 Å². The molecule has 0 radical (unpaired) electrons. The molecule has 3 heteroatoms. The van der Waals surface area contributed by atoms with Gasteiger partial charge in [-0.2, -0.15) is 0 Å². The highest BCUT2D eigenvalue weighted by atomic mass is 19.1. The molecule has 0 saturated carbocycles. The molecule has 0 fully saturated rings. The number of nitrogens with one attached hydrogen (secondary N) is 1. The van der Waals surface area contributed by atoms with Crippen LogP contribution in [0.1, 0.15) is 25.0 Å². The van der Waals surface area contributed by atoms with Crippen LogP contribution in [0.4, 0.5) is 4.39 Å². The molecule has 110 valence electrons. The van der Waals surface area contributed by atoms with Gasteiger partial charge >= 0.3 is 0 Å². The first-order valence-corrected chi connectivity index (χ1v) is 7.46. The summed E-state index contributed by atoms with van der Waals surface area (Å²) >= 11 is 0. The van der Waals surface area contributed by atoms with Crippen molar-refractivity contribution in [1.82, 2.24) is 5.32 Å². The third kappa shape index (κ3) is 2.93. The second kappa shape index (κ2) is 5.86. The van der Waals surface area contributed by atoms with E-state index in [0.29, 0.717) is 0 Å². The van der Waals surface area contributed by atoms with Gasteiger partial charge in [0.2, 0.25) is 0 Å².